The topological polar surface area (TPSA) is 85.6 Å². The van der Waals surface area contributed by atoms with E-state index in [0.717, 1.165) is 16.9 Å². The summed E-state index contributed by atoms with van der Waals surface area (Å²) in [6, 6.07) is 17.2. The Morgan fingerprint density at radius 2 is 1.76 bits per heavy atom. The first-order chi connectivity index (χ1) is 13.9. The van der Waals surface area contributed by atoms with Gasteiger partial charge in [0.25, 0.3) is 5.91 Å². The van der Waals surface area contributed by atoms with E-state index < -0.39 is 15.7 Å². The van der Waals surface area contributed by atoms with Gasteiger partial charge >= 0.3 is 0 Å². The summed E-state index contributed by atoms with van der Waals surface area (Å²) in [7, 11) is -1.98. The smallest absolute Gasteiger partial charge is 0.287 e. The Morgan fingerprint density at radius 3 is 2.45 bits per heavy atom. The van der Waals surface area contributed by atoms with Crippen molar-refractivity contribution >= 4 is 15.7 Å². The Balaban J connectivity index is 1.65. The lowest BCUT2D eigenvalue weighted by molar-refractivity contribution is 0.0921. The zero-order valence-electron chi connectivity index (χ0n) is 16.3. The van der Waals surface area contributed by atoms with Crippen molar-refractivity contribution in [2.75, 3.05) is 7.11 Å². The Hall–Kier alpha value is -3.06. The van der Waals surface area contributed by atoms with Gasteiger partial charge in [-0.15, -0.1) is 0 Å². The van der Waals surface area contributed by atoms with Crippen LogP contribution in [0.25, 0.3) is 0 Å². The third-order valence-corrected chi connectivity index (χ3v) is 6.25. The number of benzene rings is 2. The van der Waals surface area contributed by atoms with Crippen molar-refractivity contribution < 1.29 is 22.4 Å². The fourth-order valence-electron chi connectivity index (χ4n) is 2.95. The molecule has 1 N–H and O–H groups in total. The minimum atomic E-state index is -3.57. The van der Waals surface area contributed by atoms with Gasteiger partial charge in [-0.1, -0.05) is 37.3 Å². The number of methoxy groups -OCH3 is 1. The van der Waals surface area contributed by atoms with Crippen molar-refractivity contribution in [2.45, 2.75) is 30.5 Å². The first kappa shape index (κ1) is 20.7. The summed E-state index contributed by atoms with van der Waals surface area (Å²) in [5.41, 5.74) is 1.67. The van der Waals surface area contributed by atoms with Gasteiger partial charge in [-0.05, 0) is 47.9 Å². The first-order valence-electron chi connectivity index (χ1n) is 9.23. The molecule has 152 valence electrons. The molecule has 0 spiro atoms. The maximum absolute atomic E-state index is 12.8. The van der Waals surface area contributed by atoms with Gasteiger partial charge in [-0.2, -0.15) is 0 Å². The molecule has 0 fully saturated rings. The summed E-state index contributed by atoms with van der Waals surface area (Å²) >= 11 is 0. The van der Waals surface area contributed by atoms with Gasteiger partial charge in [-0.3, -0.25) is 4.79 Å². The monoisotopic (exact) mass is 413 g/mol. The largest absolute Gasteiger partial charge is 0.497 e. The van der Waals surface area contributed by atoms with Crippen LogP contribution in [0.5, 0.6) is 5.75 Å². The number of aryl methyl sites for hydroxylation is 1. The van der Waals surface area contributed by atoms with Crippen molar-refractivity contribution in [1.29, 1.82) is 0 Å². The maximum atomic E-state index is 12.8. The highest BCUT2D eigenvalue weighted by molar-refractivity contribution is 7.90. The number of furan rings is 1. The second-order valence-electron chi connectivity index (χ2n) is 6.52. The van der Waals surface area contributed by atoms with E-state index in [1.165, 1.54) is 12.1 Å². The highest BCUT2D eigenvalue weighted by Gasteiger charge is 2.21. The van der Waals surface area contributed by atoms with Crippen LogP contribution in [0.3, 0.4) is 0 Å². The molecule has 2 aromatic carbocycles. The standard InChI is InChI=1S/C22H23NO5S/c1-3-17-6-4-5-7-21(17)29(25,26)15-19-12-13-20(28-19)22(24)23-14-16-8-10-18(27-2)11-9-16/h4-13H,3,14-15H2,1-2H3,(H,23,24). The SMILES string of the molecule is CCc1ccccc1S(=O)(=O)Cc1ccc(C(=O)NCc2ccc(OC)cc2)o1. The van der Waals surface area contributed by atoms with Crippen molar-refractivity contribution in [2.24, 2.45) is 0 Å². The van der Waals surface area contributed by atoms with Crippen molar-refractivity contribution in [3.63, 3.8) is 0 Å². The number of nitrogens with one attached hydrogen (secondary N) is 1. The second-order valence-corrected chi connectivity index (χ2v) is 8.48. The van der Waals surface area contributed by atoms with Crippen LogP contribution in [0.4, 0.5) is 0 Å². The average molecular weight is 413 g/mol. The van der Waals surface area contributed by atoms with Crippen LogP contribution in [0.15, 0.2) is 70.0 Å². The fraction of sp³-hybridized carbons (Fsp3) is 0.227. The van der Waals surface area contributed by atoms with Gasteiger partial charge in [0.1, 0.15) is 17.3 Å². The van der Waals surface area contributed by atoms with Crippen molar-refractivity contribution in [1.82, 2.24) is 5.32 Å². The predicted molar refractivity (Wildman–Crippen MR) is 110 cm³/mol. The molecule has 3 aromatic rings. The van der Waals surface area contributed by atoms with E-state index >= 15 is 0 Å². The lowest BCUT2D eigenvalue weighted by Crippen LogP contribution is -2.22. The zero-order valence-corrected chi connectivity index (χ0v) is 17.2. The molecule has 0 bridgehead atoms. The first-order valence-corrected chi connectivity index (χ1v) is 10.9. The number of ether oxygens (including phenoxy) is 1. The van der Waals surface area contributed by atoms with Crippen LogP contribution in [0, 0.1) is 0 Å². The number of hydrogen-bond acceptors (Lipinski definition) is 5. The summed E-state index contributed by atoms with van der Waals surface area (Å²) in [6.07, 6.45) is 0.618. The molecule has 0 atom stereocenters. The molecule has 0 aliphatic carbocycles. The van der Waals surface area contributed by atoms with Crippen LogP contribution in [0.2, 0.25) is 0 Å². The van der Waals surface area contributed by atoms with Crippen molar-refractivity contribution in [3.05, 3.63) is 83.3 Å². The van der Waals surface area contributed by atoms with Gasteiger partial charge in [0.05, 0.1) is 12.0 Å². The lowest BCUT2D eigenvalue weighted by atomic mass is 10.2. The zero-order chi connectivity index (χ0) is 20.9. The number of sulfone groups is 1. The van der Waals surface area contributed by atoms with E-state index in [9.17, 15) is 13.2 Å². The highest BCUT2D eigenvalue weighted by Crippen LogP contribution is 2.22. The molecule has 0 saturated carbocycles. The summed E-state index contributed by atoms with van der Waals surface area (Å²) in [4.78, 5) is 12.6. The third-order valence-electron chi connectivity index (χ3n) is 4.52. The van der Waals surface area contributed by atoms with E-state index in [0.29, 0.717) is 17.9 Å². The van der Waals surface area contributed by atoms with Crippen molar-refractivity contribution in [3.8, 4) is 5.75 Å². The summed E-state index contributed by atoms with van der Waals surface area (Å²) in [5.74, 6) is 0.341. The molecule has 0 saturated heterocycles. The number of carbonyl (C=O) groups is 1. The normalized spacial score (nSPS) is 11.2. The quantitative estimate of drug-likeness (QED) is 0.608. The van der Waals surface area contributed by atoms with Crippen LogP contribution >= 0.6 is 0 Å². The van der Waals surface area contributed by atoms with Gasteiger partial charge in [0, 0.05) is 6.54 Å². The Morgan fingerprint density at radius 1 is 1.03 bits per heavy atom. The van der Waals surface area contributed by atoms with Crippen LogP contribution < -0.4 is 10.1 Å². The van der Waals surface area contributed by atoms with E-state index in [4.69, 9.17) is 9.15 Å². The summed E-state index contributed by atoms with van der Waals surface area (Å²) < 4.78 is 36.1. The molecule has 29 heavy (non-hydrogen) atoms. The van der Waals surface area contributed by atoms with Gasteiger partial charge < -0.3 is 14.5 Å². The Labute approximate surface area is 170 Å². The average Bonchev–Trinajstić information content (AvgIpc) is 3.20. The third kappa shape index (κ3) is 5.06. The van der Waals surface area contributed by atoms with Gasteiger partial charge in [0.2, 0.25) is 0 Å². The van der Waals surface area contributed by atoms with Crippen LogP contribution in [-0.2, 0) is 28.6 Å². The molecule has 0 aliphatic heterocycles. The molecule has 0 unspecified atom stereocenters. The van der Waals surface area contributed by atoms with Crippen LogP contribution in [-0.4, -0.2) is 21.4 Å². The molecule has 1 amide bonds. The second kappa shape index (κ2) is 8.96. The number of amides is 1. The Kier molecular flexibility index (Phi) is 6.39. The van der Waals surface area contributed by atoms with Gasteiger partial charge in [-0.25, -0.2) is 8.42 Å². The van der Waals surface area contributed by atoms with E-state index in [-0.39, 0.29) is 17.3 Å². The van der Waals surface area contributed by atoms with Crippen LogP contribution in [0.1, 0.15) is 34.4 Å². The molecule has 1 aromatic heterocycles. The molecule has 3 rings (SSSR count). The maximum Gasteiger partial charge on any atom is 0.287 e. The predicted octanol–water partition coefficient (Wildman–Crippen LogP) is 3.75. The molecule has 0 radical (unpaired) electrons. The number of rotatable bonds is 8. The summed E-state index contributed by atoms with van der Waals surface area (Å²) in [6.45, 7) is 2.23. The Bertz CT molecular complexity index is 1080. The molecule has 6 nitrogen and oxygen atoms in total. The minimum Gasteiger partial charge on any atom is -0.497 e. The molecular formula is C22H23NO5S. The lowest BCUT2D eigenvalue weighted by Gasteiger charge is -2.08. The van der Waals surface area contributed by atoms with E-state index in [1.807, 2.05) is 37.3 Å². The molecule has 7 heteroatoms. The number of hydrogen-bond donors (Lipinski definition) is 1. The highest BCUT2D eigenvalue weighted by atomic mass is 32.2. The molecule has 0 aliphatic rings. The van der Waals surface area contributed by atoms with Gasteiger partial charge in [0.15, 0.2) is 15.6 Å². The number of carbonyl (C=O) groups excluding carboxylic acids is 1. The summed E-state index contributed by atoms with van der Waals surface area (Å²) in [5, 5.41) is 2.76. The molecule has 1 heterocycles. The van der Waals surface area contributed by atoms with E-state index in [1.54, 1.807) is 25.3 Å². The van der Waals surface area contributed by atoms with E-state index in [2.05, 4.69) is 5.32 Å². The molecular weight excluding hydrogens is 390 g/mol. The fourth-order valence-corrected chi connectivity index (χ4v) is 4.54. The minimum absolute atomic E-state index is 0.0764.